The smallest absolute Gasteiger partial charge is 0.278 e. The maximum Gasteiger partial charge on any atom is 0.278 e. The van der Waals surface area contributed by atoms with E-state index in [0.29, 0.717) is 5.02 Å². The van der Waals surface area contributed by atoms with Crippen LogP contribution in [-0.4, -0.2) is 44.5 Å². The Balaban J connectivity index is 1.45. The summed E-state index contributed by atoms with van der Waals surface area (Å²) in [6.45, 7) is 0.377. The van der Waals surface area contributed by atoms with Gasteiger partial charge in [-0.3, -0.25) is 19.3 Å². The van der Waals surface area contributed by atoms with Crippen LogP contribution in [-0.2, 0) is 5.75 Å². The second kappa shape index (κ2) is 7.54. The van der Waals surface area contributed by atoms with Crippen molar-refractivity contribution >= 4 is 29.3 Å². The van der Waals surface area contributed by atoms with Gasteiger partial charge in [0.2, 0.25) is 5.43 Å². The van der Waals surface area contributed by atoms with Crippen LogP contribution in [0.15, 0.2) is 64.4 Å². The van der Waals surface area contributed by atoms with Crippen LogP contribution < -0.4 is 10.4 Å². The van der Waals surface area contributed by atoms with Crippen LogP contribution in [0.5, 0.6) is 5.75 Å². The highest BCUT2D eigenvalue weighted by Gasteiger charge is 2.71. The predicted molar refractivity (Wildman–Crippen MR) is 137 cm³/mol. The molecule has 3 aliphatic carbocycles. The summed E-state index contributed by atoms with van der Waals surface area (Å²) < 4.78 is 1.63. The van der Waals surface area contributed by atoms with E-state index in [2.05, 4.69) is 18.2 Å². The fraction of sp³-hybridized carbons (Fsp3) is 0.333. The van der Waals surface area contributed by atoms with Crippen LogP contribution >= 0.6 is 23.4 Å². The van der Waals surface area contributed by atoms with Crippen LogP contribution in [0.3, 0.4) is 0 Å². The molecule has 1 aromatic heterocycles. The molecule has 3 saturated carbocycles. The first kappa shape index (κ1) is 22.3. The molecule has 3 fully saturated rings. The Kier molecular flexibility index (Phi) is 4.66. The van der Waals surface area contributed by atoms with Crippen molar-refractivity contribution in [3.63, 3.8) is 0 Å². The van der Waals surface area contributed by atoms with Crippen molar-refractivity contribution in [1.29, 1.82) is 0 Å². The van der Waals surface area contributed by atoms with Gasteiger partial charge in [-0.2, -0.15) is 0 Å². The van der Waals surface area contributed by atoms with E-state index in [1.165, 1.54) is 6.07 Å². The zero-order chi connectivity index (χ0) is 24.8. The Morgan fingerprint density at radius 2 is 1.83 bits per heavy atom. The summed E-state index contributed by atoms with van der Waals surface area (Å²) in [7, 11) is 0. The SMILES string of the molecule is O=C1c2c(O)c(=O)ccn2N([C@@H]2c3ccccc3SCc3cccc(Cl)c32)CN1C12CC(CO)(C1)C2. The molecule has 0 spiro atoms. The summed E-state index contributed by atoms with van der Waals surface area (Å²) >= 11 is 8.61. The average Bonchev–Trinajstić information content (AvgIpc) is 2.99. The molecule has 5 aliphatic rings. The van der Waals surface area contributed by atoms with Gasteiger partial charge in [0.05, 0.1) is 0 Å². The van der Waals surface area contributed by atoms with Crippen molar-refractivity contribution < 1.29 is 15.0 Å². The van der Waals surface area contributed by atoms with E-state index in [-0.39, 0.29) is 41.9 Å². The first-order chi connectivity index (χ1) is 17.4. The number of pyridine rings is 1. The molecule has 2 bridgehead atoms. The largest absolute Gasteiger partial charge is 0.502 e. The molecular formula is C27H24ClN3O4S. The molecule has 184 valence electrons. The van der Waals surface area contributed by atoms with Gasteiger partial charge in [-0.1, -0.05) is 41.9 Å². The Morgan fingerprint density at radius 1 is 1.06 bits per heavy atom. The number of rotatable bonds is 3. The molecule has 7 nitrogen and oxygen atoms in total. The fourth-order valence-corrected chi connectivity index (χ4v) is 8.15. The summed E-state index contributed by atoms with van der Waals surface area (Å²) in [5.41, 5.74) is 2.02. The number of carbonyl (C=O) groups excluding carboxylic acids is 1. The lowest BCUT2D eigenvalue weighted by molar-refractivity contribution is -0.223. The third-order valence-electron chi connectivity index (χ3n) is 8.40. The molecule has 2 aromatic carbocycles. The lowest BCUT2D eigenvalue weighted by Crippen LogP contribution is -2.79. The van der Waals surface area contributed by atoms with Gasteiger partial charge in [-0.15, -0.1) is 11.8 Å². The summed E-state index contributed by atoms with van der Waals surface area (Å²) in [5.74, 6) is -0.148. The fourth-order valence-electron chi connectivity index (χ4n) is 6.77. The maximum atomic E-state index is 13.8. The average molecular weight is 522 g/mol. The summed E-state index contributed by atoms with van der Waals surface area (Å²) in [4.78, 5) is 29.2. The van der Waals surface area contributed by atoms with E-state index >= 15 is 0 Å². The van der Waals surface area contributed by atoms with E-state index in [1.54, 1.807) is 27.5 Å². The van der Waals surface area contributed by atoms with Gasteiger partial charge >= 0.3 is 0 Å². The highest BCUT2D eigenvalue weighted by atomic mass is 35.5. The molecule has 0 unspecified atom stereocenters. The molecular weight excluding hydrogens is 498 g/mol. The van der Waals surface area contributed by atoms with E-state index in [1.807, 2.05) is 29.3 Å². The summed E-state index contributed by atoms with van der Waals surface area (Å²) in [6, 6.07) is 15.0. The number of benzene rings is 2. The zero-order valence-electron chi connectivity index (χ0n) is 19.4. The number of hydrogen-bond donors (Lipinski definition) is 2. The number of aromatic nitrogens is 1. The highest BCUT2D eigenvalue weighted by molar-refractivity contribution is 7.98. The number of nitrogens with zero attached hydrogens (tertiary/aromatic N) is 3. The number of hydrogen-bond acceptors (Lipinski definition) is 6. The molecule has 0 radical (unpaired) electrons. The molecule has 3 aromatic rings. The topological polar surface area (TPSA) is 86.0 Å². The van der Waals surface area contributed by atoms with Crippen LogP contribution in [0.25, 0.3) is 0 Å². The predicted octanol–water partition coefficient (Wildman–Crippen LogP) is 3.87. The van der Waals surface area contributed by atoms with Gasteiger partial charge in [0.1, 0.15) is 12.7 Å². The minimum Gasteiger partial charge on any atom is -0.502 e. The first-order valence-corrected chi connectivity index (χ1v) is 13.4. The first-order valence-electron chi connectivity index (χ1n) is 12.0. The van der Waals surface area contributed by atoms with Gasteiger partial charge < -0.3 is 15.1 Å². The van der Waals surface area contributed by atoms with Gasteiger partial charge in [0.15, 0.2) is 11.4 Å². The molecule has 2 N–H and O–H groups in total. The summed E-state index contributed by atoms with van der Waals surface area (Å²) in [6.07, 6.45) is 3.74. The Hall–Kier alpha value is -2.94. The number of aliphatic hydroxyl groups is 1. The number of carbonyl (C=O) groups is 1. The van der Waals surface area contributed by atoms with Crippen molar-refractivity contribution in [2.24, 2.45) is 5.41 Å². The molecule has 2 aliphatic heterocycles. The Bertz CT molecular complexity index is 1480. The molecule has 3 heterocycles. The van der Waals surface area contributed by atoms with Crippen LogP contribution in [0, 0.1) is 5.41 Å². The van der Waals surface area contributed by atoms with Crippen molar-refractivity contribution in [3.8, 4) is 5.75 Å². The van der Waals surface area contributed by atoms with E-state index in [9.17, 15) is 19.8 Å². The van der Waals surface area contributed by atoms with Crippen LogP contribution in [0.1, 0.15) is 52.5 Å². The second-order valence-electron chi connectivity index (χ2n) is 10.5. The lowest BCUT2D eigenvalue weighted by atomic mass is 9.39. The maximum absolute atomic E-state index is 13.8. The van der Waals surface area contributed by atoms with Gasteiger partial charge in [-0.05, 0) is 42.5 Å². The normalized spacial score (nSPS) is 27.8. The minimum atomic E-state index is -0.587. The second-order valence-corrected chi connectivity index (χ2v) is 11.9. The lowest BCUT2D eigenvalue weighted by Gasteiger charge is -2.74. The van der Waals surface area contributed by atoms with Crippen molar-refractivity contribution in [2.75, 3.05) is 18.3 Å². The number of amides is 1. The minimum absolute atomic E-state index is 0.0282. The highest BCUT2D eigenvalue weighted by Crippen LogP contribution is 2.70. The van der Waals surface area contributed by atoms with Gasteiger partial charge in [0, 0.05) is 51.1 Å². The number of halogens is 1. The van der Waals surface area contributed by atoms with E-state index < -0.39 is 11.2 Å². The molecule has 1 amide bonds. The molecule has 8 rings (SSSR count). The van der Waals surface area contributed by atoms with E-state index in [0.717, 1.165) is 46.6 Å². The Labute approximate surface area is 216 Å². The number of aromatic hydroxyl groups is 1. The zero-order valence-corrected chi connectivity index (χ0v) is 20.9. The van der Waals surface area contributed by atoms with Crippen molar-refractivity contribution in [1.82, 2.24) is 9.58 Å². The number of fused-ring (bicyclic) bond motifs is 3. The molecule has 36 heavy (non-hydrogen) atoms. The third kappa shape index (κ3) is 2.86. The summed E-state index contributed by atoms with van der Waals surface area (Å²) in [5, 5.41) is 23.3. The van der Waals surface area contributed by atoms with E-state index in [4.69, 9.17) is 11.6 Å². The number of thioether (sulfide) groups is 1. The van der Waals surface area contributed by atoms with Gasteiger partial charge in [-0.25, -0.2) is 0 Å². The monoisotopic (exact) mass is 521 g/mol. The third-order valence-corrected chi connectivity index (χ3v) is 9.86. The van der Waals surface area contributed by atoms with Crippen LogP contribution in [0.2, 0.25) is 5.02 Å². The quantitative estimate of drug-likeness (QED) is 0.544. The molecule has 0 saturated heterocycles. The van der Waals surface area contributed by atoms with Crippen LogP contribution in [0.4, 0.5) is 0 Å². The Morgan fingerprint density at radius 3 is 2.61 bits per heavy atom. The standard InChI is InChI=1S/C27H24ClN3O4S/c28-18-6-3-4-16-10-36-20-7-2-1-5-17(20)22(21(16)18)31-15-29(27-11-26(12-27,13-27)14-32)25(35)23-24(34)19(33)8-9-30(23)31/h1-9,22,32,34H,10-15H2/t22-,26?,27?/m1/s1. The molecule has 1 atom stereocenters. The molecule has 9 heteroatoms. The van der Waals surface area contributed by atoms with Crippen molar-refractivity contribution in [3.05, 3.63) is 92.4 Å². The number of aliphatic hydroxyl groups excluding tert-OH is 1. The van der Waals surface area contributed by atoms with Gasteiger partial charge in [0.25, 0.3) is 5.91 Å². The van der Waals surface area contributed by atoms with Crippen molar-refractivity contribution in [2.45, 2.75) is 41.5 Å².